The third kappa shape index (κ3) is 3.08. The first kappa shape index (κ1) is 15.5. The molecule has 0 spiro atoms. The van der Waals surface area contributed by atoms with Gasteiger partial charge >= 0.3 is 0 Å². The molecule has 2 N–H and O–H groups in total. The molecule has 0 fully saturated rings. The maximum absolute atomic E-state index is 12.9. The van der Waals surface area contributed by atoms with Crippen molar-refractivity contribution in [3.63, 3.8) is 0 Å². The molecule has 0 aliphatic rings. The highest BCUT2D eigenvalue weighted by atomic mass is 32.2. The topological polar surface area (TPSA) is 78.1 Å². The average Bonchev–Trinajstić information content (AvgIpc) is 2.89. The summed E-state index contributed by atoms with van der Waals surface area (Å²) in [5, 5.41) is 9.56. The molecule has 114 valence electrons. The highest BCUT2D eigenvalue weighted by molar-refractivity contribution is 7.92. The zero-order valence-corrected chi connectivity index (χ0v) is 13.2. The van der Waals surface area contributed by atoms with E-state index in [2.05, 4.69) is 15.5 Å². The summed E-state index contributed by atoms with van der Waals surface area (Å²) >= 11 is 0. The van der Waals surface area contributed by atoms with Crippen LogP contribution in [0.25, 0.3) is 0 Å². The lowest BCUT2D eigenvalue weighted by Gasteiger charge is -2.23. The molecule has 1 heterocycles. The molecule has 7 heteroatoms. The number of benzene rings is 1. The lowest BCUT2D eigenvalue weighted by atomic mass is 10.2. The van der Waals surface area contributed by atoms with Crippen molar-refractivity contribution in [2.24, 2.45) is 0 Å². The van der Waals surface area contributed by atoms with Gasteiger partial charge in [0, 0.05) is 18.7 Å². The van der Waals surface area contributed by atoms with E-state index in [1.165, 1.54) is 10.5 Å². The highest BCUT2D eigenvalue weighted by Gasteiger charge is 2.27. The van der Waals surface area contributed by atoms with Gasteiger partial charge in [0.2, 0.25) is 0 Å². The van der Waals surface area contributed by atoms with Gasteiger partial charge in [0.05, 0.1) is 11.9 Å². The summed E-state index contributed by atoms with van der Waals surface area (Å²) in [6.07, 6.45) is 1.54. The molecule has 0 aliphatic carbocycles. The van der Waals surface area contributed by atoms with Crippen molar-refractivity contribution in [3.05, 3.63) is 41.6 Å². The van der Waals surface area contributed by atoms with Crippen LogP contribution in [0.5, 0.6) is 0 Å². The molecule has 0 atom stereocenters. The number of anilines is 1. The van der Waals surface area contributed by atoms with E-state index < -0.39 is 10.0 Å². The van der Waals surface area contributed by atoms with E-state index in [0.717, 1.165) is 5.56 Å². The Bertz CT molecular complexity index is 709. The maximum atomic E-state index is 12.9. The predicted octanol–water partition coefficient (Wildman–Crippen LogP) is 1.65. The van der Waals surface area contributed by atoms with Crippen LogP contribution in [0.3, 0.4) is 0 Å². The fraction of sp³-hybridized carbons (Fsp3) is 0.357. The second-order valence-electron chi connectivity index (χ2n) is 4.76. The van der Waals surface area contributed by atoms with Gasteiger partial charge in [-0.25, -0.2) is 0 Å². The van der Waals surface area contributed by atoms with Crippen LogP contribution in [-0.4, -0.2) is 32.2 Å². The van der Waals surface area contributed by atoms with Gasteiger partial charge in [-0.05, 0) is 38.6 Å². The molecule has 0 bridgehead atoms. The number of H-pyrrole nitrogens is 1. The average molecular weight is 308 g/mol. The molecule has 1 aromatic heterocycles. The fourth-order valence-electron chi connectivity index (χ4n) is 2.22. The van der Waals surface area contributed by atoms with Crippen LogP contribution in [0.2, 0.25) is 0 Å². The van der Waals surface area contributed by atoms with E-state index >= 15 is 0 Å². The summed E-state index contributed by atoms with van der Waals surface area (Å²) in [6.45, 7) is 4.54. The van der Waals surface area contributed by atoms with Crippen molar-refractivity contribution in [2.75, 3.05) is 17.9 Å². The SMILES string of the molecule is CCN(c1cccc(C)c1)S(=O)(=O)c1[nH]ncc1CNC. The molecule has 6 nitrogen and oxygen atoms in total. The number of nitrogens with one attached hydrogen (secondary N) is 2. The van der Waals surface area contributed by atoms with E-state index in [0.29, 0.717) is 24.3 Å². The van der Waals surface area contributed by atoms with Gasteiger partial charge in [0.25, 0.3) is 10.0 Å². The molecule has 2 aromatic rings. The quantitative estimate of drug-likeness (QED) is 0.850. The highest BCUT2D eigenvalue weighted by Crippen LogP contribution is 2.24. The standard InChI is InChI=1S/C14H20N4O2S/c1-4-18(13-7-5-6-11(2)8-13)21(19,20)14-12(9-15-3)10-16-17-14/h5-8,10,15H,4,9H2,1-3H3,(H,16,17). The van der Waals surface area contributed by atoms with E-state index in [9.17, 15) is 8.42 Å². The molecule has 0 saturated heterocycles. The van der Waals surface area contributed by atoms with Gasteiger partial charge in [-0.2, -0.15) is 13.5 Å². The maximum Gasteiger partial charge on any atom is 0.281 e. The lowest BCUT2D eigenvalue weighted by Crippen LogP contribution is -2.32. The van der Waals surface area contributed by atoms with Crippen LogP contribution in [0, 0.1) is 6.92 Å². The van der Waals surface area contributed by atoms with Crippen molar-refractivity contribution >= 4 is 15.7 Å². The van der Waals surface area contributed by atoms with Gasteiger partial charge in [0.1, 0.15) is 0 Å². The van der Waals surface area contributed by atoms with Crippen LogP contribution in [0.1, 0.15) is 18.1 Å². The summed E-state index contributed by atoms with van der Waals surface area (Å²) in [5.41, 5.74) is 2.30. The van der Waals surface area contributed by atoms with Gasteiger partial charge in [-0.3, -0.25) is 9.40 Å². The van der Waals surface area contributed by atoms with E-state index in [-0.39, 0.29) is 5.03 Å². The molecule has 0 amide bonds. The molecule has 0 saturated carbocycles. The molecule has 0 aliphatic heterocycles. The monoisotopic (exact) mass is 308 g/mol. The second kappa shape index (κ2) is 6.28. The third-order valence-corrected chi connectivity index (χ3v) is 5.09. The van der Waals surface area contributed by atoms with E-state index in [1.54, 1.807) is 13.1 Å². The number of aryl methyl sites for hydroxylation is 1. The molecule has 1 aromatic carbocycles. The van der Waals surface area contributed by atoms with Gasteiger partial charge < -0.3 is 5.32 Å². The first-order valence-corrected chi connectivity index (χ1v) is 8.21. The van der Waals surface area contributed by atoms with Crippen molar-refractivity contribution < 1.29 is 8.42 Å². The van der Waals surface area contributed by atoms with Gasteiger partial charge in [-0.15, -0.1) is 0 Å². The fourth-order valence-corrected chi connectivity index (χ4v) is 3.80. The first-order valence-electron chi connectivity index (χ1n) is 6.77. The number of nitrogens with zero attached hydrogens (tertiary/aromatic N) is 2. The van der Waals surface area contributed by atoms with Crippen molar-refractivity contribution in [3.8, 4) is 0 Å². The van der Waals surface area contributed by atoms with Crippen LogP contribution < -0.4 is 9.62 Å². The number of hydrogen-bond acceptors (Lipinski definition) is 4. The zero-order valence-electron chi connectivity index (χ0n) is 12.4. The van der Waals surface area contributed by atoms with Crippen LogP contribution in [0.15, 0.2) is 35.5 Å². The van der Waals surface area contributed by atoms with Crippen molar-refractivity contribution in [1.82, 2.24) is 15.5 Å². The summed E-state index contributed by atoms with van der Waals surface area (Å²) in [4.78, 5) is 0. The first-order chi connectivity index (χ1) is 10.0. The minimum absolute atomic E-state index is 0.139. The minimum Gasteiger partial charge on any atom is -0.316 e. The Morgan fingerprint density at radius 1 is 1.38 bits per heavy atom. The Balaban J connectivity index is 2.47. The molecular weight excluding hydrogens is 288 g/mol. The second-order valence-corrected chi connectivity index (χ2v) is 6.56. The number of aromatic nitrogens is 2. The largest absolute Gasteiger partial charge is 0.316 e. The minimum atomic E-state index is -3.66. The van der Waals surface area contributed by atoms with Crippen molar-refractivity contribution in [2.45, 2.75) is 25.4 Å². The van der Waals surface area contributed by atoms with E-state index in [1.807, 2.05) is 32.0 Å². The Morgan fingerprint density at radius 3 is 2.76 bits per heavy atom. The zero-order chi connectivity index (χ0) is 15.5. The Labute approximate surface area is 125 Å². The molecule has 0 unspecified atom stereocenters. The third-order valence-electron chi connectivity index (χ3n) is 3.17. The molecule has 21 heavy (non-hydrogen) atoms. The number of rotatable bonds is 6. The lowest BCUT2D eigenvalue weighted by molar-refractivity contribution is 0.585. The Morgan fingerprint density at radius 2 is 2.14 bits per heavy atom. The number of sulfonamides is 1. The number of hydrogen-bond donors (Lipinski definition) is 2. The van der Waals surface area contributed by atoms with E-state index in [4.69, 9.17) is 0 Å². The predicted molar refractivity (Wildman–Crippen MR) is 82.7 cm³/mol. The summed E-state index contributed by atoms with van der Waals surface area (Å²) < 4.78 is 27.1. The molecule has 0 radical (unpaired) electrons. The van der Waals surface area contributed by atoms with Crippen LogP contribution >= 0.6 is 0 Å². The smallest absolute Gasteiger partial charge is 0.281 e. The Kier molecular flexibility index (Phi) is 4.64. The summed E-state index contributed by atoms with van der Waals surface area (Å²) in [5.74, 6) is 0. The van der Waals surface area contributed by atoms with Crippen LogP contribution in [-0.2, 0) is 16.6 Å². The number of aromatic amines is 1. The summed E-state index contributed by atoms with van der Waals surface area (Å²) in [7, 11) is -1.89. The summed E-state index contributed by atoms with van der Waals surface area (Å²) in [6, 6.07) is 7.44. The molecule has 2 rings (SSSR count). The van der Waals surface area contributed by atoms with Gasteiger partial charge in [-0.1, -0.05) is 12.1 Å². The van der Waals surface area contributed by atoms with Crippen molar-refractivity contribution in [1.29, 1.82) is 0 Å². The normalized spacial score (nSPS) is 11.6. The molecular formula is C14H20N4O2S. The Hall–Kier alpha value is -1.86. The van der Waals surface area contributed by atoms with Gasteiger partial charge in [0.15, 0.2) is 5.03 Å². The van der Waals surface area contributed by atoms with Crippen LogP contribution in [0.4, 0.5) is 5.69 Å².